The van der Waals surface area contributed by atoms with Gasteiger partial charge in [-0.05, 0) is 57.4 Å². The first kappa shape index (κ1) is 14.7. The van der Waals surface area contributed by atoms with Crippen LogP contribution in [0, 0.1) is 5.92 Å². The number of nitrogens with one attached hydrogen (secondary N) is 1. The minimum Gasteiger partial charge on any atom is -0.371 e. The molecule has 1 fully saturated rings. The van der Waals surface area contributed by atoms with Crippen molar-refractivity contribution in [1.29, 1.82) is 0 Å². The Hall–Kier alpha value is -0.730. The number of benzene rings is 1. The molecule has 3 heteroatoms. The van der Waals surface area contributed by atoms with Crippen molar-refractivity contribution in [3.63, 3.8) is 0 Å². The van der Waals surface area contributed by atoms with Crippen LogP contribution in [0.4, 0.5) is 5.69 Å². The fourth-order valence-corrected chi connectivity index (χ4v) is 2.96. The predicted molar refractivity (Wildman–Crippen MR) is 84.2 cm³/mol. The van der Waals surface area contributed by atoms with Gasteiger partial charge in [0, 0.05) is 29.8 Å². The summed E-state index contributed by atoms with van der Waals surface area (Å²) in [5.74, 6) is 0.884. The molecule has 0 bridgehead atoms. The lowest BCUT2D eigenvalue weighted by molar-refractivity contribution is 0.318. The van der Waals surface area contributed by atoms with Gasteiger partial charge < -0.3 is 10.2 Å². The number of rotatable bonds is 6. The van der Waals surface area contributed by atoms with Crippen molar-refractivity contribution in [3.8, 4) is 0 Å². The van der Waals surface area contributed by atoms with E-state index in [2.05, 4.69) is 42.3 Å². The first-order valence-electron chi connectivity index (χ1n) is 7.37. The van der Waals surface area contributed by atoms with Gasteiger partial charge in [-0.1, -0.05) is 24.1 Å². The zero-order valence-electron chi connectivity index (χ0n) is 12.2. The second-order valence-corrected chi connectivity index (χ2v) is 5.96. The van der Waals surface area contributed by atoms with Crippen molar-refractivity contribution < 1.29 is 0 Å². The predicted octanol–water partition coefficient (Wildman–Crippen LogP) is 4.25. The average molecular weight is 281 g/mol. The summed E-state index contributed by atoms with van der Waals surface area (Å²) in [6.45, 7) is 6.57. The van der Waals surface area contributed by atoms with E-state index >= 15 is 0 Å². The molecule has 0 aromatic heterocycles. The van der Waals surface area contributed by atoms with Crippen LogP contribution in [-0.2, 0) is 0 Å². The van der Waals surface area contributed by atoms with Gasteiger partial charge in [-0.25, -0.2) is 0 Å². The second kappa shape index (κ2) is 6.62. The Morgan fingerprint density at radius 2 is 2.16 bits per heavy atom. The van der Waals surface area contributed by atoms with E-state index in [0.717, 1.165) is 17.5 Å². The minimum absolute atomic E-state index is 0.295. The average Bonchev–Trinajstić information content (AvgIpc) is 2.37. The van der Waals surface area contributed by atoms with Crippen molar-refractivity contribution in [3.05, 3.63) is 28.8 Å². The zero-order chi connectivity index (χ0) is 13.8. The molecule has 1 saturated carbocycles. The Kier molecular flexibility index (Phi) is 5.12. The third-order valence-corrected chi connectivity index (χ3v) is 4.66. The molecule has 19 heavy (non-hydrogen) atoms. The fraction of sp³-hybridized carbons (Fsp3) is 0.625. The molecule has 0 radical (unpaired) electrons. The highest BCUT2D eigenvalue weighted by atomic mass is 35.5. The summed E-state index contributed by atoms with van der Waals surface area (Å²) in [5.41, 5.74) is 2.43. The Morgan fingerprint density at radius 1 is 1.42 bits per heavy atom. The molecule has 0 heterocycles. The standard InChI is InChI=1S/C16H25ClN2/c1-4-19(11-13-6-5-7-13)14-8-9-15(12(2)18-3)16(17)10-14/h8-10,12-13,18H,4-7,11H2,1-3H3. The van der Waals surface area contributed by atoms with Gasteiger partial charge in [0.1, 0.15) is 0 Å². The molecule has 0 saturated heterocycles. The molecule has 106 valence electrons. The van der Waals surface area contributed by atoms with Crippen LogP contribution < -0.4 is 10.2 Å². The third-order valence-electron chi connectivity index (χ3n) is 4.33. The van der Waals surface area contributed by atoms with Crippen LogP contribution in [0.3, 0.4) is 0 Å². The van der Waals surface area contributed by atoms with Crippen LogP contribution in [0.15, 0.2) is 18.2 Å². The molecule has 2 nitrogen and oxygen atoms in total. The SMILES string of the molecule is CCN(CC1CCC1)c1ccc(C(C)NC)c(Cl)c1. The topological polar surface area (TPSA) is 15.3 Å². The van der Waals surface area contributed by atoms with Gasteiger partial charge in [0.05, 0.1) is 0 Å². The van der Waals surface area contributed by atoms with E-state index in [-0.39, 0.29) is 0 Å². The van der Waals surface area contributed by atoms with Crippen LogP contribution in [0.25, 0.3) is 0 Å². The smallest absolute Gasteiger partial charge is 0.0474 e. The molecule has 0 amide bonds. The molecular weight excluding hydrogens is 256 g/mol. The Balaban J connectivity index is 2.12. The van der Waals surface area contributed by atoms with Crippen LogP contribution in [0.5, 0.6) is 0 Å². The largest absolute Gasteiger partial charge is 0.371 e. The van der Waals surface area contributed by atoms with Gasteiger partial charge in [0.15, 0.2) is 0 Å². The summed E-state index contributed by atoms with van der Waals surface area (Å²) in [4.78, 5) is 2.45. The van der Waals surface area contributed by atoms with E-state index in [0.29, 0.717) is 6.04 Å². The normalized spacial score (nSPS) is 17.1. The molecule has 1 N–H and O–H groups in total. The maximum Gasteiger partial charge on any atom is 0.0474 e. The molecule has 1 aromatic rings. The summed E-state index contributed by atoms with van der Waals surface area (Å²) < 4.78 is 0. The van der Waals surface area contributed by atoms with Crippen molar-refractivity contribution in [2.24, 2.45) is 5.92 Å². The summed E-state index contributed by atoms with van der Waals surface area (Å²) in [6, 6.07) is 6.77. The van der Waals surface area contributed by atoms with Crippen molar-refractivity contribution in [2.45, 2.75) is 39.2 Å². The highest BCUT2D eigenvalue weighted by Crippen LogP contribution is 2.31. The quantitative estimate of drug-likeness (QED) is 0.838. The van der Waals surface area contributed by atoms with Gasteiger partial charge >= 0.3 is 0 Å². The van der Waals surface area contributed by atoms with E-state index in [1.165, 1.54) is 37.1 Å². The van der Waals surface area contributed by atoms with Crippen LogP contribution >= 0.6 is 11.6 Å². The number of nitrogens with zero attached hydrogens (tertiary/aromatic N) is 1. The van der Waals surface area contributed by atoms with E-state index in [1.54, 1.807) is 0 Å². The molecule has 2 rings (SSSR count). The number of hydrogen-bond donors (Lipinski definition) is 1. The lowest BCUT2D eigenvalue weighted by Crippen LogP contribution is -2.32. The highest BCUT2D eigenvalue weighted by molar-refractivity contribution is 6.31. The van der Waals surface area contributed by atoms with Gasteiger partial charge in [-0.2, -0.15) is 0 Å². The summed E-state index contributed by atoms with van der Waals surface area (Å²) >= 11 is 6.42. The minimum atomic E-state index is 0.295. The van der Waals surface area contributed by atoms with Gasteiger partial charge in [0.25, 0.3) is 0 Å². The summed E-state index contributed by atoms with van der Waals surface area (Å²) in [7, 11) is 1.96. The fourth-order valence-electron chi connectivity index (χ4n) is 2.62. The maximum absolute atomic E-state index is 6.42. The lowest BCUT2D eigenvalue weighted by atomic mass is 9.85. The molecule has 1 atom stereocenters. The van der Waals surface area contributed by atoms with Crippen molar-refractivity contribution in [2.75, 3.05) is 25.0 Å². The second-order valence-electron chi connectivity index (χ2n) is 5.55. The molecule has 0 aliphatic heterocycles. The van der Waals surface area contributed by atoms with Crippen LogP contribution in [-0.4, -0.2) is 20.1 Å². The Bertz CT molecular complexity index is 415. The van der Waals surface area contributed by atoms with Crippen LogP contribution in [0.1, 0.15) is 44.7 Å². The molecule has 1 aromatic carbocycles. The van der Waals surface area contributed by atoms with Gasteiger partial charge in [0.2, 0.25) is 0 Å². The van der Waals surface area contributed by atoms with E-state index in [9.17, 15) is 0 Å². The molecule has 1 unspecified atom stereocenters. The van der Waals surface area contributed by atoms with Crippen LogP contribution in [0.2, 0.25) is 5.02 Å². The van der Waals surface area contributed by atoms with Gasteiger partial charge in [-0.15, -0.1) is 0 Å². The Labute approximate surface area is 122 Å². The molecular formula is C16H25ClN2. The Morgan fingerprint density at radius 3 is 2.63 bits per heavy atom. The van der Waals surface area contributed by atoms with Crippen molar-refractivity contribution >= 4 is 17.3 Å². The molecule has 0 spiro atoms. The van der Waals surface area contributed by atoms with E-state index in [4.69, 9.17) is 11.6 Å². The monoisotopic (exact) mass is 280 g/mol. The van der Waals surface area contributed by atoms with E-state index in [1.807, 2.05) is 7.05 Å². The summed E-state index contributed by atoms with van der Waals surface area (Å²) in [6.07, 6.45) is 4.18. The van der Waals surface area contributed by atoms with Crippen molar-refractivity contribution in [1.82, 2.24) is 5.32 Å². The maximum atomic E-state index is 6.42. The summed E-state index contributed by atoms with van der Waals surface area (Å²) in [5, 5.41) is 4.10. The first-order valence-corrected chi connectivity index (χ1v) is 7.75. The molecule has 1 aliphatic carbocycles. The van der Waals surface area contributed by atoms with E-state index < -0.39 is 0 Å². The lowest BCUT2D eigenvalue weighted by Gasteiger charge is -2.33. The number of halogens is 1. The number of anilines is 1. The highest BCUT2D eigenvalue weighted by Gasteiger charge is 2.20. The third kappa shape index (κ3) is 3.43. The zero-order valence-corrected chi connectivity index (χ0v) is 13.0. The number of hydrogen-bond acceptors (Lipinski definition) is 2. The first-order chi connectivity index (χ1) is 9.15. The van der Waals surface area contributed by atoms with Gasteiger partial charge in [-0.3, -0.25) is 0 Å². The molecule has 1 aliphatic rings.